The summed E-state index contributed by atoms with van der Waals surface area (Å²) >= 11 is 0. The van der Waals surface area contributed by atoms with Gasteiger partial charge in [-0.05, 0) is 29.5 Å². The van der Waals surface area contributed by atoms with E-state index in [1.165, 1.54) is 22.4 Å². The average molecular weight is 460 g/mol. The van der Waals surface area contributed by atoms with Crippen LogP contribution in [0.1, 0.15) is 48.1 Å². The highest BCUT2D eigenvalue weighted by atomic mass is 16.6. The van der Waals surface area contributed by atoms with Crippen molar-refractivity contribution >= 4 is 17.4 Å². The number of rotatable bonds is 6. The van der Waals surface area contributed by atoms with Gasteiger partial charge in [-0.3, -0.25) is 14.9 Å². The number of nitrogens with zero attached hydrogens (tertiary/aromatic N) is 6. The first-order chi connectivity index (χ1) is 16.1. The number of aromatic nitrogens is 5. The van der Waals surface area contributed by atoms with Crippen LogP contribution in [0.15, 0.2) is 60.8 Å². The van der Waals surface area contributed by atoms with E-state index in [9.17, 15) is 14.9 Å². The first-order valence-electron chi connectivity index (χ1n) is 10.7. The van der Waals surface area contributed by atoms with Gasteiger partial charge in [0.05, 0.1) is 29.0 Å². The van der Waals surface area contributed by atoms with Crippen LogP contribution in [0.25, 0.3) is 5.69 Å². The standard InChI is InChI=1S/C24H25N7O3/c1-16-22(27-28-30(16)19-6-5-7-20(14-19)31(33)34)23(32)26-21-12-13-25-29(21)15-17-8-10-18(11-9-17)24(2,3)4/h5-14H,15H2,1-4H3,(H,26,32). The molecule has 10 nitrogen and oxygen atoms in total. The number of carbonyl (C=O) groups excluding carboxylic acids is 1. The predicted octanol–water partition coefficient (Wildman–Crippen LogP) is 4.28. The van der Waals surface area contributed by atoms with Gasteiger partial charge in [0.1, 0.15) is 5.82 Å². The minimum Gasteiger partial charge on any atom is -0.305 e. The highest BCUT2D eigenvalue weighted by Crippen LogP contribution is 2.23. The predicted molar refractivity (Wildman–Crippen MR) is 127 cm³/mol. The van der Waals surface area contributed by atoms with Gasteiger partial charge in [-0.1, -0.05) is 56.3 Å². The molecule has 2 aromatic heterocycles. The molecule has 174 valence electrons. The number of non-ortho nitro benzene ring substituents is 1. The maximum Gasteiger partial charge on any atom is 0.279 e. The summed E-state index contributed by atoms with van der Waals surface area (Å²) in [6.45, 7) is 8.68. The molecular formula is C24H25N7O3. The molecule has 0 saturated heterocycles. The number of amides is 1. The lowest BCUT2D eigenvalue weighted by Crippen LogP contribution is -2.18. The largest absolute Gasteiger partial charge is 0.305 e. The number of carbonyl (C=O) groups is 1. The fourth-order valence-corrected chi connectivity index (χ4v) is 3.55. The Labute approximate surface area is 196 Å². The maximum atomic E-state index is 12.9. The van der Waals surface area contributed by atoms with Crippen LogP contribution in [-0.2, 0) is 12.0 Å². The molecule has 4 aromatic rings. The molecule has 0 aliphatic heterocycles. The molecule has 0 saturated carbocycles. The fraction of sp³-hybridized carbons (Fsp3) is 0.250. The first-order valence-corrected chi connectivity index (χ1v) is 10.7. The molecule has 0 fully saturated rings. The smallest absolute Gasteiger partial charge is 0.279 e. The molecule has 4 rings (SSSR count). The first kappa shape index (κ1) is 22.8. The van der Waals surface area contributed by atoms with E-state index in [0.29, 0.717) is 23.7 Å². The van der Waals surface area contributed by atoms with E-state index in [0.717, 1.165) is 5.56 Å². The molecule has 0 aliphatic rings. The van der Waals surface area contributed by atoms with Gasteiger partial charge >= 0.3 is 0 Å². The van der Waals surface area contributed by atoms with Crippen molar-refractivity contribution in [3.05, 3.63) is 93.4 Å². The number of nitrogens with one attached hydrogen (secondary N) is 1. The second kappa shape index (κ2) is 8.89. The van der Waals surface area contributed by atoms with Crippen LogP contribution >= 0.6 is 0 Å². The van der Waals surface area contributed by atoms with E-state index in [1.807, 2.05) is 0 Å². The van der Waals surface area contributed by atoms with Gasteiger partial charge in [0.15, 0.2) is 5.69 Å². The molecule has 2 aromatic carbocycles. The fourth-order valence-electron chi connectivity index (χ4n) is 3.55. The molecule has 34 heavy (non-hydrogen) atoms. The van der Waals surface area contributed by atoms with Crippen LogP contribution in [0.3, 0.4) is 0 Å². The highest BCUT2D eigenvalue weighted by molar-refractivity contribution is 6.03. The summed E-state index contributed by atoms with van der Waals surface area (Å²) in [6, 6.07) is 16.0. The third-order valence-electron chi connectivity index (χ3n) is 5.51. The van der Waals surface area contributed by atoms with Crippen LogP contribution < -0.4 is 5.32 Å². The van der Waals surface area contributed by atoms with Crippen LogP contribution in [0, 0.1) is 17.0 Å². The minimum atomic E-state index is -0.485. The van der Waals surface area contributed by atoms with Gasteiger partial charge in [0, 0.05) is 18.2 Å². The van der Waals surface area contributed by atoms with Gasteiger partial charge in [-0.25, -0.2) is 9.36 Å². The number of hydrogen-bond donors (Lipinski definition) is 1. The zero-order chi connectivity index (χ0) is 24.5. The second-order valence-electron chi connectivity index (χ2n) is 8.99. The number of benzene rings is 2. The maximum absolute atomic E-state index is 12.9. The third-order valence-corrected chi connectivity index (χ3v) is 5.51. The molecule has 0 unspecified atom stereocenters. The van der Waals surface area contributed by atoms with Gasteiger partial charge in [-0.2, -0.15) is 5.10 Å². The molecule has 1 N–H and O–H groups in total. The lowest BCUT2D eigenvalue weighted by atomic mass is 9.87. The van der Waals surface area contributed by atoms with Gasteiger partial charge in [0.25, 0.3) is 11.6 Å². The quantitative estimate of drug-likeness (QED) is 0.339. The summed E-state index contributed by atoms with van der Waals surface area (Å²) in [5, 5.41) is 26.2. The summed E-state index contributed by atoms with van der Waals surface area (Å²) in [6.07, 6.45) is 1.62. The van der Waals surface area contributed by atoms with Crippen molar-refractivity contribution in [2.75, 3.05) is 5.32 Å². The molecule has 0 bridgehead atoms. The molecular weight excluding hydrogens is 434 g/mol. The van der Waals surface area contributed by atoms with Crippen LogP contribution in [-0.4, -0.2) is 35.6 Å². The van der Waals surface area contributed by atoms with E-state index in [2.05, 4.69) is 65.8 Å². The zero-order valence-electron chi connectivity index (χ0n) is 19.4. The van der Waals surface area contributed by atoms with Gasteiger partial charge in [-0.15, -0.1) is 5.10 Å². The number of nitro groups is 1. The van der Waals surface area contributed by atoms with E-state index in [4.69, 9.17) is 0 Å². The van der Waals surface area contributed by atoms with Crippen molar-refractivity contribution in [1.29, 1.82) is 0 Å². The lowest BCUT2D eigenvalue weighted by molar-refractivity contribution is -0.384. The Morgan fingerprint density at radius 3 is 2.53 bits per heavy atom. The summed E-state index contributed by atoms with van der Waals surface area (Å²) in [7, 11) is 0. The Balaban J connectivity index is 1.51. The van der Waals surface area contributed by atoms with E-state index < -0.39 is 10.8 Å². The van der Waals surface area contributed by atoms with Crippen molar-refractivity contribution in [1.82, 2.24) is 24.8 Å². The molecule has 10 heteroatoms. The number of hydrogen-bond acceptors (Lipinski definition) is 6. The van der Waals surface area contributed by atoms with E-state index in [1.54, 1.807) is 36.0 Å². The second-order valence-corrected chi connectivity index (χ2v) is 8.99. The van der Waals surface area contributed by atoms with Crippen molar-refractivity contribution in [2.24, 2.45) is 0 Å². The molecule has 0 radical (unpaired) electrons. The number of anilines is 1. The van der Waals surface area contributed by atoms with Gasteiger partial charge in [0.2, 0.25) is 0 Å². The monoisotopic (exact) mass is 459 g/mol. The Kier molecular flexibility index (Phi) is 5.97. The zero-order valence-corrected chi connectivity index (χ0v) is 19.4. The normalized spacial score (nSPS) is 11.4. The summed E-state index contributed by atoms with van der Waals surface area (Å²) in [4.78, 5) is 23.5. The van der Waals surface area contributed by atoms with E-state index >= 15 is 0 Å². The highest BCUT2D eigenvalue weighted by Gasteiger charge is 2.20. The van der Waals surface area contributed by atoms with Crippen molar-refractivity contribution in [3.63, 3.8) is 0 Å². The topological polar surface area (TPSA) is 121 Å². The summed E-state index contributed by atoms with van der Waals surface area (Å²) in [5.41, 5.74) is 3.33. The van der Waals surface area contributed by atoms with E-state index in [-0.39, 0.29) is 16.8 Å². The Hall–Kier alpha value is -4.34. The minimum absolute atomic E-state index is 0.0714. The Morgan fingerprint density at radius 2 is 1.85 bits per heavy atom. The summed E-state index contributed by atoms with van der Waals surface area (Å²) in [5.74, 6) is 0.0770. The third kappa shape index (κ3) is 4.70. The average Bonchev–Trinajstić information content (AvgIpc) is 3.39. The molecule has 0 aliphatic carbocycles. The van der Waals surface area contributed by atoms with Crippen molar-refractivity contribution < 1.29 is 9.72 Å². The number of nitro benzene ring substituents is 1. The lowest BCUT2D eigenvalue weighted by Gasteiger charge is -2.19. The Bertz CT molecular complexity index is 1350. The van der Waals surface area contributed by atoms with Crippen LogP contribution in [0.4, 0.5) is 11.5 Å². The molecule has 1 amide bonds. The van der Waals surface area contributed by atoms with Crippen molar-refractivity contribution in [3.8, 4) is 5.69 Å². The Morgan fingerprint density at radius 1 is 1.12 bits per heavy atom. The van der Waals surface area contributed by atoms with Crippen LogP contribution in [0.2, 0.25) is 0 Å². The summed E-state index contributed by atoms with van der Waals surface area (Å²) < 4.78 is 3.10. The van der Waals surface area contributed by atoms with Crippen LogP contribution in [0.5, 0.6) is 0 Å². The molecule has 0 spiro atoms. The SMILES string of the molecule is Cc1c(C(=O)Nc2ccnn2Cc2ccc(C(C)(C)C)cc2)nnn1-c1cccc([N+](=O)[O-])c1. The van der Waals surface area contributed by atoms with Gasteiger partial charge < -0.3 is 5.32 Å². The molecule has 2 heterocycles. The molecule has 0 atom stereocenters. The van der Waals surface area contributed by atoms with Crippen molar-refractivity contribution in [2.45, 2.75) is 39.7 Å².